The highest BCUT2D eigenvalue weighted by atomic mass is 16.5. The standard InChI is InChI=1S/C15H17NO3/c1-19-15(18)10-3-2-9-4-5-11(13(9)8-10)12-6-7-16-14(12)17/h2-3,8,11-12H,4-7H2,1H3,(H,16,17). The smallest absolute Gasteiger partial charge is 0.337 e. The Morgan fingerprint density at radius 3 is 2.84 bits per heavy atom. The summed E-state index contributed by atoms with van der Waals surface area (Å²) < 4.78 is 4.76. The molecule has 1 N–H and O–H groups in total. The van der Waals surface area contributed by atoms with Gasteiger partial charge in [0.15, 0.2) is 0 Å². The van der Waals surface area contributed by atoms with Gasteiger partial charge in [0, 0.05) is 12.5 Å². The Labute approximate surface area is 112 Å². The van der Waals surface area contributed by atoms with Crippen LogP contribution in [0.4, 0.5) is 0 Å². The third kappa shape index (κ3) is 2.01. The van der Waals surface area contributed by atoms with E-state index in [9.17, 15) is 9.59 Å². The monoisotopic (exact) mass is 259 g/mol. The number of ether oxygens (including phenoxy) is 1. The largest absolute Gasteiger partial charge is 0.465 e. The van der Waals surface area contributed by atoms with E-state index in [1.807, 2.05) is 18.2 Å². The Morgan fingerprint density at radius 2 is 2.16 bits per heavy atom. The first-order valence-electron chi connectivity index (χ1n) is 6.69. The zero-order chi connectivity index (χ0) is 13.4. The highest BCUT2D eigenvalue weighted by molar-refractivity contribution is 5.90. The maximum atomic E-state index is 11.8. The summed E-state index contributed by atoms with van der Waals surface area (Å²) in [7, 11) is 1.39. The minimum Gasteiger partial charge on any atom is -0.465 e. The summed E-state index contributed by atoms with van der Waals surface area (Å²) in [6.45, 7) is 0.770. The van der Waals surface area contributed by atoms with Crippen LogP contribution in [-0.2, 0) is 16.0 Å². The number of nitrogens with one attached hydrogen (secondary N) is 1. The summed E-state index contributed by atoms with van der Waals surface area (Å²) in [5.74, 6) is 0.155. The summed E-state index contributed by atoms with van der Waals surface area (Å²) in [6.07, 6.45) is 2.88. The number of carbonyl (C=O) groups is 2. The van der Waals surface area contributed by atoms with Gasteiger partial charge in [-0.15, -0.1) is 0 Å². The van der Waals surface area contributed by atoms with Crippen LogP contribution in [0.5, 0.6) is 0 Å². The Balaban J connectivity index is 1.94. The molecule has 1 aliphatic heterocycles. The molecule has 1 amide bonds. The Morgan fingerprint density at radius 1 is 1.32 bits per heavy atom. The molecule has 1 aromatic carbocycles. The fraction of sp³-hybridized carbons (Fsp3) is 0.467. The highest BCUT2D eigenvalue weighted by Gasteiger charge is 2.37. The Hall–Kier alpha value is -1.84. The van der Waals surface area contributed by atoms with E-state index in [1.165, 1.54) is 12.7 Å². The van der Waals surface area contributed by atoms with Gasteiger partial charge in [-0.1, -0.05) is 6.07 Å². The predicted octanol–water partition coefficient (Wildman–Crippen LogP) is 1.64. The average Bonchev–Trinajstić information content (AvgIpc) is 3.02. The maximum absolute atomic E-state index is 11.8. The topological polar surface area (TPSA) is 55.4 Å². The van der Waals surface area contributed by atoms with E-state index in [0.29, 0.717) is 5.56 Å². The number of hydrogen-bond donors (Lipinski definition) is 1. The Bertz CT molecular complexity index is 538. The molecule has 1 saturated heterocycles. The van der Waals surface area contributed by atoms with E-state index in [0.717, 1.165) is 31.4 Å². The van der Waals surface area contributed by atoms with Gasteiger partial charge < -0.3 is 10.1 Å². The molecule has 0 aromatic heterocycles. The van der Waals surface area contributed by atoms with Crippen molar-refractivity contribution in [2.75, 3.05) is 13.7 Å². The van der Waals surface area contributed by atoms with Gasteiger partial charge in [-0.05, 0) is 48.4 Å². The van der Waals surface area contributed by atoms with Gasteiger partial charge in [-0.25, -0.2) is 4.79 Å². The second-order valence-electron chi connectivity index (χ2n) is 5.24. The van der Waals surface area contributed by atoms with Gasteiger partial charge in [0.1, 0.15) is 0 Å². The zero-order valence-electron chi connectivity index (χ0n) is 10.9. The van der Waals surface area contributed by atoms with Crippen LogP contribution >= 0.6 is 0 Å². The van der Waals surface area contributed by atoms with Crippen molar-refractivity contribution in [3.63, 3.8) is 0 Å². The molecular weight excluding hydrogens is 242 g/mol. The molecule has 3 rings (SSSR count). The lowest BCUT2D eigenvalue weighted by Gasteiger charge is -2.17. The van der Waals surface area contributed by atoms with Crippen molar-refractivity contribution < 1.29 is 14.3 Å². The van der Waals surface area contributed by atoms with E-state index < -0.39 is 0 Å². The second kappa shape index (κ2) is 4.68. The molecule has 0 saturated carbocycles. The normalized spacial score (nSPS) is 25.0. The number of fused-ring (bicyclic) bond motifs is 1. The van der Waals surface area contributed by atoms with Crippen molar-refractivity contribution in [1.82, 2.24) is 5.32 Å². The molecule has 4 heteroatoms. The number of amides is 1. The molecule has 0 bridgehead atoms. The van der Waals surface area contributed by atoms with Crippen LogP contribution in [0, 0.1) is 5.92 Å². The molecule has 0 spiro atoms. The van der Waals surface area contributed by atoms with Gasteiger partial charge in [-0.3, -0.25) is 4.79 Å². The van der Waals surface area contributed by atoms with Gasteiger partial charge >= 0.3 is 5.97 Å². The third-order valence-corrected chi connectivity index (χ3v) is 4.27. The molecule has 1 heterocycles. The average molecular weight is 259 g/mol. The lowest BCUT2D eigenvalue weighted by Crippen LogP contribution is -2.23. The van der Waals surface area contributed by atoms with Crippen molar-refractivity contribution in [2.24, 2.45) is 5.92 Å². The predicted molar refractivity (Wildman–Crippen MR) is 70.0 cm³/mol. The van der Waals surface area contributed by atoms with Crippen LogP contribution in [0.15, 0.2) is 18.2 Å². The van der Waals surface area contributed by atoms with Crippen molar-refractivity contribution in [3.05, 3.63) is 34.9 Å². The van der Waals surface area contributed by atoms with Crippen LogP contribution in [-0.4, -0.2) is 25.5 Å². The summed E-state index contributed by atoms with van der Waals surface area (Å²) in [4.78, 5) is 23.4. The molecule has 100 valence electrons. The number of hydrogen-bond acceptors (Lipinski definition) is 3. The number of aryl methyl sites for hydroxylation is 1. The lowest BCUT2D eigenvalue weighted by atomic mass is 9.85. The molecule has 2 aliphatic rings. The first-order chi connectivity index (χ1) is 9.20. The first-order valence-corrected chi connectivity index (χ1v) is 6.69. The van der Waals surface area contributed by atoms with Crippen LogP contribution in [0.1, 0.15) is 40.2 Å². The fourth-order valence-electron chi connectivity index (χ4n) is 3.29. The summed E-state index contributed by atoms with van der Waals surface area (Å²) in [6, 6.07) is 5.71. The summed E-state index contributed by atoms with van der Waals surface area (Å²) in [5, 5.41) is 2.90. The van der Waals surface area contributed by atoms with Crippen molar-refractivity contribution in [1.29, 1.82) is 0 Å². The van der Waals surface area contributed by atoms with Gasteiger partial charge in [0.25, 0.3) is 0 Å². The van der Waals surface area contributed by atoms with Crippen LogP contribution < -0.4 is 5.32 Å². The molecule has 2 unspecified atom stereocenters. The zero-order valence-corrected chi connectivity index (χ0v) is 10.9. The first kappa shape index (κ1) is 12.2. The lowest BCUT2D eigenvalue weighted by molar-refractivity contribution is -0.123. The van der Waals surface area contributed by atoms with Crippen molar-refractivity contribution in [2.45, 2.75) is 25.2 Å². The van der Waals surface area contributed by atoms with Gasteiger partial charge in [-0.2, -0.15) is 0 Å². The van der Waals surface area contributed by atoms with Gasteiger partial charge in [0.2, 0.25) is 5.91 Å². The second-order valence-corrected chi connectivity index (χ2v) is 5.24. The number of esters is 1. The highest BCUT2D eigenvalue weighted by Crippen LogP contribution is 2.41. The molecule has 1 fully saturated rings. The van der Waals surface area contributed by atoms with E-state index in [4.69, 9.17) is 4.74 Å². The molecule has 19 heavy (non-hydrogen) atoms. The maximum Gasteiger partial charge on any atom is 0.337 e. The van der Waals surface area contributed by atoms with Crippen molar-refractivity contribution in [3.8, 4) is 0 Å². The fourth-order valence-corrected chi connectivity index (χ4v) is 3.29. The third-order valence-electron chi connectivity index (χ3n) is 4.27. The number of carbonyl (C=O) groups excluding carboxylic acids is 2. The van der Waals surface area contributed by atoms with Crippen LogP contribution in [0.25, 0.3) is 0 Å². The number of methoxy groups -OCH3 is 1. The molecule has 1 aliphatic carbocycles. The van der Waals surface area contributed by atoms with E-state index in [1.54, 1.807) is 0 Å². The van der Waals surface area contributed by atoms with Crippen LogP contribution in [0.3, 0.4) is 0 Å². The summed E-state index contributed by atoms with van der Waals surface area (Å²) >= 11 is 0. The van der Waals surface area contributed by atoms with Crippen molar-refractivity contribution >= 4 is 11.9 Å². The molecule has 0 radical (unpaired) electrons. The van der Waals surface area contributed by atoms with E-state index >= 15 is 0 Å². The molecular formula is C15H17NO3. The molecule has 1 aromatic rings. The Kier molecular flexibility index (Phi) is 3.01. The minimum atomic E-state index is -0.315. The van der Waals surface area contributed by atoms with Crippen LogP contribution in [0.2, 0.25) is 0 Å². The minimum absolute atomic E-state index is 0.0640. The van der Waals surface area contributed by atoms with Gasteiger partial charge in [0.05, 0.1) is 12.7 Å². The molecule has 2 atom stereocenters. The quantitative estimate of drug-likeness (QED) is 0.821. The summed E-state index contributed by atoms with van der Waals surface area (Å²) in [5.41, 5.74) is 2.99. The number of benzene rings is 1. The van der Waals surface area contributed by atoms with E-state index in [-0.39, 0.29) is 23.7 Å². The molecule has 4 nitrogen and oxygen atoms in total. The van der Waals surface area contributed by atoms with E-state index in [2.05, 4.69) is 5.32 Å². The number of rotatable bonds is 2. The SMILES string of the molecule is COC(=O)c1ccc2c(c1)C(C1CCNC1=O)CC2.